The molecule has 2 heterocycles. The minimum Gasteiger partial charge on any atom is -0.302 e. The molecule has 2 aromatic heterocycles. The first-order valence-electron chi connectivity index (χ1n) is 10.4. The molecule has 3 aromatic rings. The van der Waals surface area contributed by atoms with Crippen LogP contribution in [0.15, 0.2) is 76.3 Å². The fraction of sp³-hybridized carbons (Fsp3) is 0.154. The van der Waals surface area contributed by atoms with Crippen molar-refractivity contribution in [3.05, 3.63) is 116 Å². The van der Waals surface area contributed by atoms with E-state index in [4.69, 9.17) is 0 Å². The van der Waals surface area contributed by atoms with E-state index in [0.717, 1.165) is 44.6 Å². The fourth-order valence-corrected chi connectivity index (χ4v) is 4.81. The second kappa shape index (κ2) is 11.5. The number of allylic oxidation sites excluding steroid dienone is 4. The van der Waals surface area contributed by atoms with Crippen LogP contribution in [0.3, 0.4) is 0 Å². The number of thiophene rings is 1. The number of nitriles is 1. The SMILES string of the molecule is C=C/C=C(\C=C/Cc1csc(-c2cc(C(F)(F)F)c(C#N)c(=O)n2Cc2ccc(F)cc2F)c1)SC. The number of alkyl halides is 3. The molecule has 0 aliphatic rings. The monoisotopic (exact) mass is 534 g/mol. The molecular weight excluding hydrogens is 515 g/mol. The molecule has 0 bridgehead atoms. The molecule has 0 saturated heterocycles. The topological polar surface area (TPSA) is 45.8 Å². The molecule has 0 atom stereocenters. The summed E-state index contributed by atoms with van der Waals surface area (Å²) in [6.07, 6.45) is 4.71. The maximum atomic E-state index is 14.3. The average molecular weight is 535 g/mol. The van der Waals surface area contributed by atoms with E-state index in [2.05, 4.69) is 6.58 Å². The van der Waals surface area contributed by atoms with Crippen molar-refractivity contribution in [2.24, 2.45) is 0 Å². The summed E-state index contributed by atoms with van der Waals surface area (Å²) in [4.78, 5) is 14.3. The molecule has 0 aliphatic carbocycles. The minimum atomic E-state index is -4.95. The van der Waals surface area contributed by atoms with Crippen LogP contribution in [-0.2, 0) is 19.1 Å². The molecule has 0 unspecified atom stereocenters. The maximum Gasteiger partial charge on any atom is 0.417 e. The Bertz CT molecular complexity index is 1440. The average Bonchev–Trinajstić information content (AvgIpc) is 3.29. The molecule has 0 spiro atoms. The van der Waals surface area contributed by atoms with Crippen LogP contribution in [0, 0.1) is 23.0 Å². The van der Waals surface area contributed by atoms with Gasteiger partial charge in [0.05, 0.1) is 22.7 Å². The van der Waals surface area contributed by atoms with Crippen LogP contribution in [-0.4, -0.2) is 10.8 Å². The van der Waals surface area contributed by atoms with Crippen molar-refractivity contribution in [3.8, 4) is 16.6 Å². The van der Waals surface area contributed by atoms with Crippen LogP contribution in [0.4, 0.5) is 22.0 Å². The number of nitrogens with zero attached hydrogens (tertiary/aromatic N) is 2. The van der Waals surface area contributed by atoms with Crippen LogP contribution in [0.1, 0.15) is 22.3 Å². The Kier molecular flexibility index (Phi) is 8.71. The van der Waals surface area contributed by atoms with Gasteiger partial charge in [0.1, 0.15) is 23.3 Å². The molecule has 10 heteroatoms. The molecule has 0 fully saturated rings. The van der Waals surface area contributed by atoms with E-state index >= 15 is 0 Å². The molecule has 0 N–H and O–H groups in total. The van der Waals surface area contributed by atoms with Crippen LogP contribution in [0.5, 0.6) is 0 Å². The van der Waals surface area contributed by atoms with E-state index < -0.39 is 41.0 Å². The molecule has 3 nitrogen and oxygen atoms in total. The second-order valence-corrected chi connectivity index (χ2v) is 9.28. The van der Waals surface area contributed by atoms with Crippen molar-refractivity contribution in [3.63, 3.8) is 0 Å². The molecule has 36 heavy (non-hydrogen) atoms. The first-order chi connectivity index (χ1) is 17.1. The van der Waals surface area contributed by atoms with E-state index in [1.807, 2.05) is 24.5 Å². The largest absolute Gasteiger partial charge is 0.417 e. The van der Waals surface area contributed by atoms with Gasteiger partial charge in [-0.05, 0) is 47.9 Å². The highest BCUT2D eigenvalue weighted by Crippen LogP contribution is 2.35. The molecule has 186 valence electrons. The van der Waals surface area contributed by atoms with Crippen LogP contribution in [0.25, 0.3) is 10.6 Å². The highest BCUT2D eigenvalue weighted by atomic mass is 32.2. The van der Waals surface area contributed by atoms with Crippen molar-refractivity contribution in [2.45, 2.75) is 19.1 Å². The highest BCUT2D eigenvalue weighted by molar-refractivity contribution is 8.02. The molecule has 1 aromatic carbocycles. The van der Waals surface area contributed by atoms with Crippen LogP contribution >= 0.6 is 23.1 Å². The molecule has 0 aliphatic heterocycles. The third kappa shape index (κ3) is 6.22. The van der Waals surface area contributed by atoms with E-state index in [-0.39, 0.29) is 11.3 Å². The third-order valence-corrected chi connectivity index (χ3v) is 6.87. The van der Waals surface area contributed by atoms with E-state index in [1.54, 1.807) is 17.5 Å². The standard InChI is InChI=1S/C26H19F5N2OS2/c1-3-5-19(35-2)7-4-6-16-10-24(36-15-16)23-12-21(26(29,30)31)20(13-32)25(34)33(23)14-17-8-9-18(27)11-22(17)28/h3-5,7-12,15H,1,6,14H2,2H3/b7-4-,19-5+. The Labute approximate surface area is 212 Å². The lowest BCUT2D eigenvalue weighted by molar-refractivity contribution is -0.137. The van der Waals surface area contributed by atoms with Crippen molar-refractivity contribution in [1.29, 1.82) is 5.26 Å². The lowest BCUT2D eigenvalue weighted by Gasteiger charge is -2.17. The quantitative estimate of drug-likeness (QED) is 0.225. The Morgan fingerprint density at radius 3 is 2.61 bits per heavy atom. The molecule has 0 radical (unpaired) electrons. The van der Waals surface area contributed by atoms with Crippen molar-refractivity contribution in [2.75, 3.05) is 6.26 Å². The minimum absolute atomic E-state index is 0.110. The number of thioether (sulfide) groups is 1. The number of hydrogen-bond acceptors (Lipinski definition) is 4. The highest BCUT2D eigenvalue weighted by Gasteiger charge is 2.36. The number of pyridine rings is 1. The third-order valence-electron chi connectivity index (χ3n) is 5.12. The van der Waals surface area contributed by atoms with Gasteiger partial charge in [0.15, 0.2) is 0 Å². The molecule has 0 saturated carbocycles. The Hall–Kier alpha value is -3.42. The normalized spacial score (nSPS) is 12.2. The van der Waals surface area contributed by atoms with Crippen LogP contribution in [0.2, 0.25) is 0 Å². The second-order valence-electron chi connectivity index (χ2n) is 7.49. The number of hydrogen-bond donors (Lipinski definition) is 0. The van der Waals surface area contributed by atoms with E-state index in [1.165, 1.54) is 17.8 Å². The van der Waals surface area contributed by atoms with E-state index in [9.17, 15) is 32.0 Å². The predicted octanol–water partition coefficient (Wildman–Crippen LogP) is 7.33. The first kappa shape index (κ1) is 27.2. The first-order valence-corrected chi connectivity index (χ1v) is 12.5. The number of aromatic nitrogens is 1. The van der Waals surface area contributed by atoms with Crippen LogP contribution < -0.4 is 5.56 Å². The summed E-state index contributed by atoms with van der Waals surface area (Å²) in [5, 5.41) is 11.1. The Morgan fingerprint density at radius 1 is 1.25 bits per heavy atom. The number of benzene rings is 1. The summed E-state index contributed by atoms with van der Waals surface area (Å²) in [6.45, 7) is 3.17. The van der Waals surface area contributed by atoms with Crippen molar-refractivity contribution < 1.29 is 22.0 Å². The summed E-state index contributed by atoms with van der Waals surface area (Å²) in [7, 11) is 0. The van der Waals surface area contributed by atoms with Gasteiger partial charge in [0.25, 0.3) is 5.56 Å². The zero-order chi connectivity index (χ0) is 26.5. The summed E-state index contributed by atoms with van der Waals surface area (Å²) in [6, 6.07) is 6.41. The summed E-state index contributed by atoms with van der Waals surface area (Å²) in [5.74, 6) is -1.79. The number of rotatable bonds is 8. The fourth-order valence-electron chi connectivity index (χ4n) is 3.40. The Balaban J connectivity index is 2.12. The number of halogens is 5. The van der Waals surface area contributed by atoms with Crippen molar-refractivity contribution >= 4 is 23.1 Å². The smallest absolute Gasteiger partial charge is 0.302 e. The predicted molar refractivity (Wildman–Crippen MR) is 134 cm³/mol. The summed E-state index contributed by atoms with van der Waals surface area (Å²) >= 11 is 2.64. The Morgan fingerprint density at radius 2 is 2.00 bits per heavy atom. The molecule has 3 rings (SSSR count). The zero-order valence-corrected chi connectivity index (χ0v) is 20.5. The van der Waals surface area contributed by atoms with Gasteiger partial charge in [0, 0.05) is 16.5 Å². The summed E-state index contributed by atoms with van der Waals surface area (Å²) < 4.78 is 69.7. The van der Waals surface area contributed by atoms with Gasteiger partial charge < -0.3 is 4.57 Å². The van der Waals surface area contributed by atoms with E-state index in [0.29, 0.717) is 17.4 Å². The summed E-state index contributed by atoms with van der Waals surface area (Å²) in [5.41, 5.74) is -3.11. The molecular formula is C26H19F5N2OS2. The van der Waals surface area contributed by atoms with Gasteiger partial charge in [-0.1, -0.05) is 30.9 Å². The molecule has 0 amide bonds. The van der Waals surface area contributed by atoms with Crippen molar-refractivity contribution in [1.82, 2.24) is 4.57 Å². The van der Waals surface area contributed by atoms with Gasteiger partial charge in [-0.25, -0.2) is 8.78 Å². The van der Waals surface area contributed by atoms with Gasteiger partial charge >= 0.3 is 6.18 Å². The van der Waals surface area contributed by atoms with Gasteiger partial charge in [0.2, 0.25) is 0 Å². The lowest BCUT2D eigenvalue weighted by atomic mass is 10.1. The maximum absolute atomic E-state index is 14.3. The lowest BCUT2D eigenvalue weighted by Crippen LogP contribution is -2.28. The van der Waals surface area contributed by atoms with Gasteiger partial charge in [-0.3, -0.25) is 4.79 Å². The van der Waals surface area contributed by atoms with Gasteiger partial charge in [-0.15, -0.1) is 23.1 Å². The van der Waals surface area contributed by atoms with Gasteiger partial charge in [-0.2, -0.15) is 18.4 Å². The zero-order valence-electron chi connectivity index (χ0n) is 18.9.